The van der Waals surface area contributed by atoms with Crippen molar-refractivity contribution in [1.29, 1.82) is 0 Å². The van der Waals surface area contributed by atoms with E-state index < -0.39 is 17.7 Å². The third-order valence-electron chi connectivity index (χ3n) is 10.6. The molecule has 6 N–H and O–H groups in total. The summed E-state index contributed by atoms with van der Waals surface area (Å²) < 4.78 is 5.94. The molecule has 13 nitrogen and oxygen atoms in total. The second kappa shape index (κ2) is 17.8. The molecule has 6 aromatic rings. The highest BCUT2D eigenvalue weighted by molar-refractivity contribution is 5.96. The fraction of sp³-hybridized carbons (Fsp3) is 0.217. The molecule has 0 bridgehead atoms. The lowest BCUT2D eigenvalue weighted by molar-refractivity contribution is -0.155. The molecular formula is C46H44N4O9. The number of carboxylic acids is 1. The number of carboxylic acid groups (broad SMARTS) is 1. The Bertz CT molecular complexity index is 2500. The predicted octanol–water partition coefficient (Wildman–Crippen LogP) is 4.60. The van der Waals surface area contributed by atoms with Crippen molar-refractivity contribution in [3.63, 3.8) is 0 Å². The van der Waals surface area contributed by atoms with Gasteiger partial charge < -0.3 is 45.3 Å². The monoisotopic (exact) mass is 796 g/mol. The molecule has 1 aliphatic heterocycles. The number of nitrogens with zero attached hydrogens (tertiary/aromatic N) is 2. The van der Waals surface area contributed by atoms with E-state index in [0.717, 1.165) is 11.1 Å². The number of aromatic hydroxyl groups is 1. The van der Waals surface area contributed by atoms with Crippen LogP contribution in [0.4, 0.5) is 0 Å². The lowest BCUT2D eigenvalue weighted by Gasteiger charge is -2.35. The Labute approximate surface area is 339 Å². The first-order valence-electron chi connectivity index (χ1n) is 19.3. The van der Waals surface area contributed by atoms with Gasteiger partial charge in [0.05, 0.1) is 11.6 Å². The average Bonchev–Trinajstić information content (AvgIpc) is 3.27. The number of H-pyrrole nitrogens is 1. The molecule has 0 saturated carbocycles. The van der Waals surface area contributed by atoms with Gasteiger partial charge in [0.1, 0.15) is 18.1 Å². The van der Waals surface area contributed by atoms with Crippen LogP contribution in [0.3, 0.4) is 0 Å². The number of hydrogen-bond donors (Lipinski definition) is 6. The summed E-state index contributed by atoms with van der Waals surface area (Å²) in [5.74, 6) is -1.32. The lowest BCUT2D eigenvalue weighted by atomic mass is 9.86. The van der Waals surface area contributed by atoms with Crippen LogP contribution in [0, 0.1) is 0 Å². The number of ether oxygens (including phenoxy) is 1. The Kier molecular flexibility index (Phi) is 12.2. The van der Waals surface area contributed by atoms with Crippen LogP contribution in [0.5, 0.6) is 11.5 Å². The van der Waals surface area contributed by atoms with E-state index in [4.69, 9.17) is 4.74 Å². The van der Waals surface area contributed by atoms with Gasteiger partial charge in [-0.15, -0.1) is 0 Å². The van der Waals surface area contributed by atoms with E-state index in [0.29, 0.717) is 67.0 Å². The van der Waals surface area contributed by atoms with Gasteiger partial charge in [-0.3, -0.25) is 14.4 Å². The first-order chi connectivity index (χ1) is 28.5. The van der Waals surface area contributed by atoms with Crippen molar-refractivity contribution in [3.05, 3.63) is 177 Å². The third-order valence-corrected chi connectivity index (χ3v) is 10.6. The van der Waals surface area contributed by atoms with Crippen molar-refractivity contribution >= 4 is 28.7 Å². The molecule has 302 valence electrons. The van der Waals surface area contributed by atoms with Crippen molar-refractivity contribution < 1.29 is 39.5 Å². The molecular weight excluding hydrogens is 753 g/mol. The average molecular weight is 797 g/mol. The van der Waals surface area contributed by atoms with Crippen LogP contribution in [-0.4, -0.2) is 92.3 Å². The molecule has 1 fully saturated rings. The van der Waals surface area contributed by atoms with Gasteiger partial charge in [-0.1, -0.05) is 72.8 Å². The van der Waals surface area contributed by atoms with Gasteiger partial charge in [0, 0.05) is 60.9 Å². The number of rotatable bonds is 14. The predicted molar refractivity (Wildman–Crippen MR) is 220 cm³/mol. The van der Waals surface area contributed by atoms with Gasteiger partial charge in [0.2, 0.25) is 11.2 Å². The zero-order valence-electron chi connectivity index (χ0n) is 32.1. The number of carbonyl (C=O) groups is 3. The molecule has 5 aromatic carbocycles. The molecule has 2 atom stereocenters. The third kappa shape index (κ3) is 9.02. The summed E-state index contributed by atoms with van der Waals surface area (Å²) in [6, 6.07) is 35.0. The smallest absolute Gasteiger partial charge is 0.345 e. The zero-order valence-corrected chi connectivity index (χ0v) is 32.1. The number of fused-ring (bicyclic) bond motifs is 1. The largest absolute Gasteiger partial charge is 0.506 e. The maximum absolute atomic E-state index is 13.4. The summed E-state index contributed by atoms with van der Waals surface area (Å²) in [5.41, 5.74) is 1.56. The number of piperazine rings is 1. The van der Waals surface area contributed by atoms with Gasteiger partial charge in [-0.25, -0.2) is 4.79 Å². The van der Waals surface area contributed by atoms with Crippen molar-refractivity contribution in [2.24, 2.45) is 0 Å². The van der Waals surface area contributed by atoms with Crippen LogP contribution in [0.2, 0.25) is 0 Å². The molecule has 1 aliphatic rings. The van der Waals surface area contributed by atoms with Gasteiger partial charge in [-0.2, -0.15) is 0 Å². The molecule has 0 radical (unpaired) electrons. The number of hydrogen-bond acceptors (Lipinski definition) is 9. The number of aromatic amines is 1. The first kappa shape index (κ1) is 40.4. The molecule has 13 heteroatoms. The number of aliphatic carboxylic acids is 1. The number of aromatic nitrogens is 1. The SMILES string of the molecule is O=C(c1ccc(CCNCC(O)c2ccc(O)c3[nH]c(=O)ccc23)cc1)N1CCN(C(=O)c2ccc(COc3cccc(C(O)(C(=O)O)c4ccccc4)c3)cc2)CC1. The Hall–Kier alpha value is -6.80. The van der Waals surface area contributed by atoms with Crippen molar-refractivity contribution in [2.75, 3.05) is 39.3 Å². The number of nitrogens with one attached hydrogen (secondary N) is 2. The molecule has 2 amide bonds. The van der Waals surface area contributed by atoms with E-state index in [1.54, 1.807) is 101 Å². The maximum Gasteiger partial charge on any atom is 0.345 e. The van der Waals surface area contributed by atoms with E-state index in [1.807, 2.05) is 12.1 Å². The van der Waals surface area contributed by atoms with Crippen LogP contribution in [0.1, 0.15) is 54.6 Å². The van der Waals surface area contributed by atoms with Crippen LogP contribution in [0.15, 0.2) is 132 Å². The first-order valence-corrected chi connectivity index (χ1v) is 19.3. The topological polar surface area (TPSA) is 193 Å². The Morgan fingerprint density at radius 2 is 1.36 bits per heavy atom. The number of aliphatic hydroxyl groups excluding tert-OH is 1. The molecule has 7 rings (SSSR count). The van der Waals surface area contributed by atoms with E-state index in [9.17, 15) is 39.6 Å². The number of benzene rings is 5. The molecule has 59 heavy (non-hydrogen) atoms. The molecule has 2 unspecified atom stereocenters. The number of phenols is 1. The van der Waals surface area contributed by atoms with Crippen LogP contribution in [0.25, 0.3) is 10.9 Å². The van der Waals surface area contributed by atoms with E-state index >= 15 is 0 Å². The Morgan fingerprint density at radius 3 is 1.98 bits per heavy atom. The molecule has 1 aromatic heterocycles. The lowest BCUT2D eigenvalue weighted by Crippen LogP contribution is -2.50. The van der Waals surface area contributed by atoms with Crippen molar-refractivity contribution in [3.8, 4) is 11.5 Å². The number of carbonyl (C=O) groups excluding carboxylic acids is 2. The summed E-state index contributed by atoms with van der Waals surface area (Å²) in [5, 5.41) is 45.9. The van der Waals surface area contributed by atoms with Crippen LogP contribution < -0.4 is 15.6 Å². The fourth-order valence-electron chi connectivity index (χ4n) is 7.24. The normalized spacial score (nSPS) is 14.4. The summed E-state index contributed by atoms with van der Waals surface area (Å²) >= 11 is 0. The minimum absolute atomic E-state index is 0.0624. The minimum Gasteiger partial charge on any atom is -0.506 e. The second-order valence-electron chi connectivity index (χ2n) is 14.4. The highest BCUT2D eigenvalue weighted by atomic mass is 16.5. The minimum atomic E-state index is -2.25. The van der Waals surface area contributed by atoms with Crippen molar-refractivity contribution in [1.82, 2.24) is 20.1 Å². The number of amides is 2. The quantitative estimate of drug-likeness (QED) is 0.0850. The summed E-state index contributed by atoms with van der Waals surface area (Å²) in [6.45, 7) is 2.59. The molecule has 0 spiro atoms. The Balaban J connectivity index is 0.854. The maximum atomic E-state index is 13.4. The van der Waals surface area contributed by atoms with Crippen molar-refractivity contribution in [2.45, 2.75) is 24.7 Å². The number of aliphatic hydroxyl groups is 2. The molecule has 2 heterocycles. The Morgan fingerprint density at radius 1 is 0.746 bits per heavy atom. The van der Waals surface area contributed by atoms with Gasteiger partial charge in [0.15, 0.2) is 0 Å². The fourth-order valence-corrected chi connectivity index (χ4v) is 7.24. The van der Waals surface area contributed by atoms with Crippen LogP contribution in [-0.2, 0) is 23.4 Å². The summed E-state index contributed by atoms with van der Waals surface area (Å²) in [7, 11) is 0. The van der Waals surface area contributed by atoms with E-state index in [1.165, 1.54) is 24.3 Å². The summed E-state index contributed by atoms with van der Waals surface area (Å²) in [6.07, 6.45) is -0.189. The second-order valence-corrected chi connectivity index (χ2v) is 14.4. The zero-order chi connectivity index (χ0) is 41.5. The standard InChI is InChI=1S/C46H44N4O9/c51-39-19-17-37(38-18-20-41(53)48-42(38)39)40(52)28-47-22-21-30-9-13-32(14-10-30)43(54)49-23-25-50(26-24-49)44(55)33-15-11-31(12-16-33)29-59-36-8-4-7-35(27-36)46(58,45(56)57)34-5-2-1-3-6-34/h1-20,27,40,47,51-52,58H,21-26,28-29H2,(H,48,53)(H,56,57). The van der Waals surface area contributed by atoms with Crippen LogP contribution >= 0.6 is 0 Å². The highest BCUT2D eigenvalue weighted by Crippen LogP contribution is 2.32. The summed E-state index contributed by atoms with van der Waals surface area (Å²) in [4.78, 5) is 56.6. The van der Waals surface area contributed by atoms with Gasteiger partial charge in [0.25, 0.3) is 11.8 Å². The molecule has 1 saturated heterocycles. The molecule has 0 aliphatic carbocycles. The van der Waals surface area contributed by atoms with Gasteiger partial charge >= 0.3 is 5.97 Å². The van der Waals surface area contributed by atoms with Gasteiger partial charge in [-0.05, 0) is 83.8 Å². The number of pyridine rings is 1. The van der Waals surface area contributed by atoms with E-state index in [2.05, 4.69) is 10.3 Å². The number of phenolic OH excluding ortho intramolecular Hbond substituents is 1. The highest BCUT2D eigenvalue weighted by Gasteiger charge is 2.40. The van der Waals surface area contributed by atoms with E-state index in [-0.39, 0.29) is 52.9 Å².